The van der Waals surface area contributed by atoms with E-state index in [0.29, 0.717) is 31.0 Å². The van der Waals surface area contributed by atoms with E-state index in [0.717, 1.165) is 39.4 Å². The SMILES string of the molecule is COc1ccc(-c2noc(CCCC(=O)Nc3ccc(-c4nc5ccccc5[nH]4)cc3)n2)cc1. The van der Waals surface area contributed by atoms with E-state index in [4.69, 9.17) is 9.26 Å². The van der Waals surface area contributed by atoms with E-state index in [2.05, 4.69) is 25.4 Å². The second kappa shape index (κ2) is 9.58. The van der Waals surface area contributed by atoms with E-state index in [-0.39, 0.29) is 5.91 Å². The van der Waals surface area contributed by atoms with Crippen LogP contribution in [0.2, 0.25) is 0 Å². The van der Waals surface area contributed by atoms with E-state index in [1.54, 1.807) is 7.11 Å². The number of rotatable bonds is 8. The third-order valence-corrected chi connectivity index (χ3v) is 5.44. The molecular formula is C26H23N5O3. The lowest BCUT2D eigenvalue weighted by Crippen LogP contribution is -2.11. The topological polar surface area (TPSA) is 106 Å². The number of carbonyl (C=O) groups is 1. The van der Waals surface area contributed by atoms with Crippen LogP contribution in [0.25, 0.3) is 33.8 Å². The van der Waals surface area contributed by atoms with Gasteiger partial charge in [0.05, 0.1) is 18.1 Å². The number of anilines is 1. The number of imidazole rings is 1. The largest absolute Gasteiger partial charge is 0.497 e. The third-order valence-electron chi connectivity index (χ3n) is 5.44. The van der Waals surface area contributed by atoms with Crippen molar-refractivity contribution in [3.63, 3.8) is 0 Å². The lowest BCUT2D eigenvalue weighted by Gasteiger charge is -2.05. The number of H-pyrrole nitrogens is 1. The fourth-order valence-electron chi connectivity index (χ4n) is 3.64. The molecule has 2 aromatic heterocycles. The van der Waals surface area contributed by atoms with Crippen molar-refractivity contribution in [1.29, 1.82) is 0 Å². The molecule has 8 nitrogen and oxygen atoms in total. The van der Waals surface area contributed by atoms with Gasteiger partial charge in [-0.15, -0.1) is 0 Å². The number of carbonyl (C=O) groups excluding carboxylic acids is 1. The molecule has 0 fully saturated rings. The normalized spacial score (nSPS) is 11.0. The number of nitrogens with zero attached hydrogens (tertiary/aromatic N) is 3. The van der Waals surface area contributed by atoms with Crippen LogP contribution in [-0.4, -0.2) is 33.1 Å². The standard InChI is InChI=1S/C26H23N5O3/c1-33-20-15-11-18(12-16-20)26-30-24(34-31-26)8-4-7-23(32)27-19-13-9-17(10-14-19)25-28-21-5-2-3-6-22(21)29-25/h2-3,5-6,9-16H,4,7-8H2,1H3,(H,27,32)(H,28,29). The van der Waals surface area contributed by atoms with Crippen LogP contribution in [0.15, 0.2) is 77.3 Å². The summed E-state index contributed by atoms with van der Waals surface area (Å²) in [4.78, 5) is 24.7. The van der Waals surface area contributed by atoms with E-state index in [9.17, 15) is 4.79 Å². The summed E-state index contributed by atoms with van der Waals surface area (Å²) in [6, 6.07) is 23.0. The predicted molar refractivity (Wildman–Crippen MR) is 129 cm³/mol. The molecule has 0 bridgehead atoms. The maximum absolute atomic E-state index is 12.4. The summed E-state index contributed by atoms with van der Waals surface area (Å²) in [6.45, 7) is 0. The number of amides is 1. The molecule has 2 N–H and O–H groups in total. The number of ether oxygens (including phenoxy) is 1. The smallest absolute Gasteiger partial charge is 0.226 e. The molecule has 5 aromatic rings. The van der Waals surface area contributed by atoms with Gasteiger partial charge >= 0.3 is 0 Å². The Morgan fingerprint density at radius 2 is 1.74 bits per heavy atom. The van der Waals surface area contributed by atoms with Gasteiger partial charge in [-0.05, 0) is 67.1 Å². The fourth-order valence-corrected chi connectivity index (χ4v) is 3.64. The van der Waals surface area contributed by atoms with Crippen LogP contribution in [0.5, 0.6) is 5.75 Å². The van der Waals surface area contributed by atoms with E-state index in [1.165, 1.54) is 0 Å². The molecule has 0 unspecified atom stereocenters. The maximum atomic E-state index is 12.4. The molecule has 5 rings (SSSR count). The summed E-state index contributed by atoms with van der Waals surface area (Å²) in [7, 11) is 1.62. The van der Waals surface area contributed by atoms with Crippen LogP contribution in [0.3, 0.4) is 0 Å². The molecule has 3 aromatic carbocycles. The molecule has 0 aliphatic carbocycles. The first-order valence-electron chi connectivity index (χ1n) is 11.0. The summed E-state index contributed by atoms with van der Waals surface area (Å²) in [5, 5.41) is 6.95. The molecule has 0 aliphatic rings. The minimum Gasteiger partial charge on any atom is -0.497 e. The summed E-state index contributed by atoms with van der Waals surface area (Å²) in [5.41, 5.74) is 4.46. The number of nitrogens with one attached hydrogen (secondary N) is 2. The quantitative estimate of drug-likeness (QED) is 0.332. The Labute approximate surface area is 196 Å². The highest BCUT2D eigenvalue weighted by Gasteiger charge is 2.11. The first-order valence-corrected chi connectivity index (χ1v) is 11.0. The summed E-state index contributed by atoms with van der Waals surface area (Å²) >= 11 is 0. The van der Waals surface area contributed by atoms with Gasteiger partial charge in [-0.25, -0.2) is 4.98 Å². The molecule has 0 radical (unpaired) electrons. The minimum atomic E-state index is -0.0635. The van der Waals surface area contributed by atoms with Crippen molar-refractivity contribution < 1.29 is 14.1 Å². The number of aromatic nitrogens is 4. The maximum Gasteiger partial charge on any atom is 0.226 e. The van der Waals surface area contributed by atoms with Gasteiger partial charge in [-0.3, -0.25) is 4.79 Å². The molecule has 8 heteroatoms. The highest BCUT2D eigenvalue weighted by molar-refractivity contribution is 5.91. The van der Waals surface area contributed by atoms with Crippen molar-refractivity contribution in [2.75, 3.05) is 12.4 Å². The highest BCUT2D eigenvalue weighted by atomic mass is 16.5. The van der Waals surface area contributed by atoms with Crippen LogP contribution in [0, 0.1) is 0 Å². The zero-order valence-electron chi connectivity index (χ0n) is 18.6. The monoisotopic (exact) mass is 453 g/mol. The molecule has 0 spiro atoms. The van der Waals surface area contributed by atoms with Crippen LogP contribution in [0.1, 0.15) is 18.7 Å². The number of methoxy groups -OCH3 is 1. The Morgan fingerprint density at radius 1 is 0.971 bits per heavy atom. The van der Waals surface area contributed by atoms with Crippen molar-refractivity contribution in [3.05, 3.63) is 78.7 Å². The highest BCUT2D eigenvalue weighted by Crippen LogP contribution is 2.23. The zero-order valence-corrected chi connectivity index (χ0v) is 18.6. The number of fused-ring (bicyclic) bond motifs is 1. The first kappa shape index (κ1) is 21.4. The number of aromatic amines is 1. The van der Waals surface area contributed by atoms with E-state index < -0.39 is 0 Å². The molecule has 0 atom stereocenters. The van der Waals surface area contributed by atoms with Gasteiger partial charge in [0.25, 0.3) is 0 Å². The number of aryl methyl sites for hydroxylation is 1. The number of hydrogen-bond donors (Lipinski definition) is 2. The van der Waals surface area contributed by atoms with Gasteiger partial charge in [0.15, 0.2) is 0 Å². The second-order valence-corrected chi connectivity index (χ2v) is 7.82. The van der Waals surface area contributed by atoms with Crippen molar-refractivity contribution in [2.24, 2.45) is 0 Å². The molecular weight excluding hydrogens is 430 g/mol. The summed E-state index contributed by atoms with van der Waals surface area (Å²) < 4.78 is 10.5. The molecule has 34 heavy (non-hydrogen) atoms. The number of hydrogen-bond acceptors (Lipinski definition) is 6. The van der Waals surface area contributed by atoms with E-state index in [1.807, 2.05) is 72.8 Å². The van der Waals surface area contributed by atoms with Crippen LogP contribution in [0.4, 0.5) is 5.69 Å². The Bertz CT molecular complexity index is 1370. The van der Waals surface area contributed by atoms with E-state index >= 15 is 0 Å². The molecule has 0 saturated carbocycles. The number of benzene rings is 3. The van der Waals surface area contributed by atoms with Crippen LogP contribution < -0.4 is 10.1 Å². The van der Waals surface area contributed by atoms with Gasteiger partial charge in [-0.2, -0.15) is 4.98 Å². The zero-order chi connectivity index (χ0) is 23.3. The Kier molecular flexibility index (Phi) is 6.03. The lowest BCUT2D eigenvalue weighted by molar-refractivity contribution is -0.116. The first-order chi connectivity index (χ1) is 16.7. The minimum absolute atomic E-state index is 0.0635. The second-order valence-electron chi connectivity index (χ2n) is 7.82. The molecule has 0 saturated heterocycles. The molecule has 0 aliphatic heterocycles. The average molecular weight is 454 g/mol. The van der Waals surface area contributed by atoms with Crippen molar-refractivity contribution in [1.82, 2.24) is 20.1 Å². The van der Waals surface area contributed by atoms with Crippen molar-refractivity contribution in [3.8, 4) is 28.5 Å². The van der Waals surface area contributed by atoms with Gasteiger partial charge in [-0.1, -0.05) is 17.3 Å². The van der Waals surface area contributed by atoms with Crippen molar-refractivity contribution >= 4 is 22.6 Å². The van der Waals surface area contributed by atoms with Crippen LogP contribution >= 0.6 is 0 Å². The van der Waals surface area contributed by atoms with Crippen LogP contribution in [-0.2, 0) is 11.2 Å². The Hall–Kier alpha value is -4.46. The summed E-state index contributed by atoms with van der Waals surface area (Å²) in [5.74, 6) is 2.53. The predicted octanol–water partition coefficient (Wildman–Crippen LogP) is 5.25. The summed E-state index contributed by atoms with van der Waals surface area (Å²) in [6.07, 6.45) is 1.49. The van der Waals surface area contributed by atoms with Gasteiger partial charge in [0.2, 0.25) is 17.6 Å². The molecule has 170 valence electrons. The third kappa shape index (κ3) is 4.80. The Balaban J connectivity index is 1.12. The molecule has 1 amide bonds. The average Bonchev–Trinajstić information content (AvgIpc) is 3.52. The lowest BCUT2D eigenvalue weighted by atomic mass is 10.2. The van der Waals surface area contributed by atoms with Gasteiger partial charge in [0, 0.05) is 29.7 Å². The fraction of sp³-hybridized carbons (Fsp3) is 0.154. The number of para-hydroxylation sites is 2. The van der Waals surface area contributed by atoms with Gasteiger partial charge < -0.3 is 19.6 Å². The van der Waals surface area contributed by atoms with Crippen molar-refractivity contribution in [2.45, 2.75) is 19.3 Å². The molecule has 2 heterocycles. The van der Waals surface area contributed by atoms with Gasteiger partial charge in [0.1, 0.15) is 11.6 Å². The Morgan fingerprint density at radius 3 is 2.50 bits per heavy atom.